The molecular weight excluding hydrogens is 316 g/mol. The lowest BCUT2D eigenvalue weighted by molar-refractivity contribution is 0.102. The van der Waals surface area contributed by atoms with E-state index in [-0.39, 0.29) is 0 Å². The second kappa shape index (κ2) is 6.04. The molecule has 0 amide bonds. The van der Waals surface area contributed by atoms with E-state index in [2.05, 4.69) is 73.2 Å². The maximum atomic E-state index is 3.98. The van der Waals surface area contributed by atoms with Crippen molar-refractivity contribution in [2.75, 3.05) is 6.54 Å². The van der Waals surface area contributed by atoms with Gasteiger partial charge in [0, 0.05) is 24.2 Å². The molecule has 4 bridgehead atoms. The zero-order chi connectivity index (χ0) is 17.7. The topological polar surface area (TPSA) is 24.1 Å². The largest absolute Gasteiger partial charge is 0.390 e. The summed E-state index contributed by atoms with van der Waals surface area (Å²) >= 11 is 0. The quantitative estimate of drug-likeness (QED) is 0.838. The van der Waals surface area contributed by atoms with Crippen LogP contribution in [0.1, 0.15) is 38.7 Å². The standard InChI is InChI=1S/C24H30N2/c1-16-23-20(9-8-17-6-4-3-5-7-17)21-12-19-14-24(16,2)15-25-11-10-18(19)13-22(21)26-23/h3-7,10-11,13,16,19-20,23,25-26H,8-9,12,14-15H2,1-2H3/b11-10-. The maximum absolute atomic E-state index is 3.98. The van der Waals surface area contributed by atoms with E-state index in [0.29, 0.717) is 29.2 Å². The predicted octanol–water partition coefficient (Wildman–Crippen LogP) is 4.57. The Morgan fingerprint density at radius 1 is 1.19 bits per heavy atom. The second-order valence-electron chi connectivity index (χ2n) is 9.15. The van der Waals surface area contributed by atoms with Crippen LogP contribution in [0.25, 0.3) is 0 Å². The molecule has 0 aromatic heterocycles. The van der Waals surface area contributed by atoms with E-state index in [1.165, 1.54) is 42.5 Å². The Hall–Kier alpha value is -1.96. The Balaban J connectivity index is 1.51. The number of aryl methyl sites for hydroxylation is 1. The van der Waals surface area contributed by atoms with Gasteiger partial charge in [0.2, 0.25) is 0 Å². The van der Waals surface area contributed by atoms with Gasteiger partial charge in [-0.05, 0) is 78.0 Å². The van der Waals surface area contributed by atoms with Crippen LogP contribution in [0, 0.1) is 23.2 Å². The fourth-order valence-corrected chi connectivity index (χ4v) is 5.88. The molecule has 2 aliphatic heterocycles. The van der Waals surface area contributed by atoms with E-state index in [1.54, 1.807) is 5.57 Å². The highest BCUT2D eigenvalue weighted by atomic mass is 15.0. The Labute approximate surface area is 157 Å². The van der Waals surface area contributed by atoms with Crippen molar-refractivity contribution in [3.8, 4) is 0 Å². The molecule has 1 aromatic carbocycles. The number of rotatable bonds is 3. The molecule has 0 spiro atoms. The van der Waals surface area contributed by atoms with Gasteiger partial charge in [-0.3, -0.25) is 0 Å². The third kappa shape index (κ3) is 2.53. The van der Waals surface area contributed by atoms with E-state index in [0.717, 1.165) is 6.54 Å². The Morgan fingerprint density at radius 3 is 2.88 bits per heavy atom. The van der Waals surface area contributed by atoms with Crippen LogP contribution in [-0.4, -0.2) is 12.6 Å². The maximum Gasteiger partial charge on any atom is 0.0358 e. The van der Waals surface area contributed by atoms with Crippen LogP contribution < -0.4 is 10.6 Å². The van der Waals surface area contributed by atoms with Gasteiger partial charge < -0.3 is 10.6 Å². The highest BCUT2D eigenvalue weighted by Crippen LogP contribution is 2.52. The fraction of sp³-hybridized carbons (Fsp3) is 0.500. The average molecular weight is 347 g/mol. The van der Waals surface area contributed by atoms with Crippen LogP contribution in [0.3, 0.4) is 0 Å². The molecule has 2 N–H and O–H groups in total. The minimum absolute atomic E-state index is 0.336. The third-order valence-corrected chi connectivity index (χ3v) is 7.63. The van der Waals surface area contributed by atoms with Crippen LogP contribution >= 0.6 is 0 Å². The first-order valence-corrected chi connectivity index (χ1v) is 10.3. The van der Waals surface area contributed by atoms with Crippen molar-refractivity contribution >= 4 is 0 Å². The van der Waals surface area contributed by atoms with Crippen molar-refractivity contribution in [3.05, 3.63) is 71.1 Å². The normalized spacial score (nSPS) is 38.6. The molecule has 1 fully saturated rings. The van der Waals surface area contributed by atoms with Gasteiger partial charge in [-0.2, -0.15) is 0 Å². The van der Waals surface area contributed by atoms with Gasteiger partial charge in [0.1, 0.15) is 0 Å². The van der Waals surface area contributed by atoms with E-state index in [1.807, 2.05) is 0 Å². The van der Waals surface area contributed by atoms with Crippen molar-refractivity contribution < 1.29 is 0 Å². The molecule has 1 saturated carbocycles. The molecular formula is C24H30N2. The van der Waals surface area contributed by atoms with Crippen molar-refractivity contribution in [1.29, 1.82) is 0 Å². The molecule has 136 valence electrons. The van der Waals surface area contributed by atoms with Crippen molar-refractivity contribution in [2.45, 2.75) is 45.6 Å². The highest BCUT2D eigenvalue weighted by Gasteiger charge is 2.49. The molecule has 5 unspecified atom stereocenters. The number of benzene rings is 1. The number of hydrogen-bond acceptors (Lipinski definition) is 2. The van der Waals surface area contributed by atoms with E-state index in [4.69, 9.17) is 0 Å². The van der Waals surface area contributed by atoms with Crippen molar-refractivity contribution in [3.63, 3.8) is 0 Å². The number of hydrogen-bond donors (Lipinski definition) is 2. The first kappa shape index (κ1) is 16.2. The lowest BCUT2D eigenvalue weighted by Gasteiger charge is -2.46. The van der Waals surface area contributed by atoms with Crippen LogP contribution in [0.15, 0.2) is 65.5 Å². The molecule has 1 aromatic rings. The molecule has 5 atom stereocenters. The summed E-state index contributed by atoms with van der Waals surface area (Å²) in [4.78, 5) is 0. The summed E-state index contributed by atoms with van der Waals surface area (Å²) in [6, 6.07) is 11.6. The monoisotopic (exact) mass is 346 g/mol. The minimum atomic E-state index is 0.336. The van der Waals surface area contributed by atoms with Crippen molar-refractivity contribution in [2.24, 2.45) is 23.2 Å². The van der Waals surface area contributed by atoms with Crippen LogP contribution in [0.2, 0.25) is 0 Å². The predicted molar refractivity (Wildman–Crippen MR) is 107 cm³/mol. The lowest BCUT2D eigenvalue weighted by atomic mass is 9.60. The first-order chi connectivity index (χ1) is 12.6. The molecule has 26 heavy (non-hydrogen) atoms. The average Bonchev–Trinajstić information content (AvgIpc) is 3.00. The Kier molecular flexibility index (Phi) is 3.77. The summed E-state index contributed by atoms with van der Waals surface area (Å²) in [6.45, 7) is 6.09. The lowest BCUT2D eigenvalue weighted by Crippen LogP contribution is -2.49. The molecule has 2 heterocycles. The third-order valence-electron chi connectivity index (χ3n) is 7.63. The Bertz CT molecular complexity index is 788. The smallest absolute Gasteiger partial charge is 0.0358 e. The van der Waals surface area contributed by atoms with Crippen LogP contribution in [0.5, 0.6) is 0 Å². The van der Waals surface area contributed by atoms with Gasteiger partial charge >= 0.3 is 0 Å². The summed E-state index contributed by atoms with van der Waals surface area (Å²) in [5.41, 5.74) is 6.49. The first-order valence-electron chi connectivity index (χ1n) is 10.3. The van der Waals surface area contributed by atoms with Gasteiger partial charge in [0.15, 0.2) is 0 Å². The van der Waals surface area contributed by atoms with Gasteiger partial charge in [-0.1, -0.05) is 44.2 Å². The van der Waals surface area contributed by atoms with Gasteiger partial charge in [0.25, 0.3) is 0 Å². The van der Waals surface area contributed by atoms with Crippen LogP contribution in [0.4, 0.5) is 0 Å². The molecule has 2 nitrogen and oxygen atoms in total. The molecule has 4 aliphatic rings. The summed E-state index contributed by atoms with van der Waals surface area (Å²) in [5.74, 6) is 2.04. The molecule has 0 saturated heterocycles. The number of fused-ring (bicyclic) bond motifs is 2. The molecule has 5 rings (SSSR count). The molecule has 2 aliphatic carbocycles. The van der Waals surface area contributed by atoms with Crippen molar-refractivity contribution in [1.82, 2.24) is 10.6 Å². The summed E-state index contributed by atoms with van der Waals surface area (Å²) in [6.07, 6.45) is 12.0. The summed E-state index contributed by atoms with van der Waals surface area (Å²) in [5, 5.41) is 7.57. The Morgan fingerprint density at radius 2 is 2.04 bits per heavy atom. The highest BCUT2D eigenvalue weighted by molar-refractivity contribution is 5.45. The summed E-state index contributed by atoms with van der Waals surface area (Å²) in [7, 11) is 0. The van der Waals surface area contributed by atoms with Gasteiger partial charge in [-0.15, -0.1) is 0 Å². The zero-order valence-corrected chi connectivity index (χ0v) is 16.0. The fourth-order valence-electron chi connectivity index (χ4n) is 5.88. The number of allylic oxidation sites excluding steroid dienone is 3. The summed E-state index contributed by atoms with van der Waals surface area (Å²) < 4.78 is 0. The SMILES string of the molecule is CC1C2NC3=C(CC4CC1(C)CN/C=C\C4=C3)C2CCc1ccccc1. The van der Waals surface area contributed by atoms with Gasteiger partial charge in [0.05, 0.1) is 0 Å². The molecule has 0 radical (unpaired) electrons. The second-order valence-corrected chi connectivity index (χ2v) is 9.15. The number of nitrogens with one attached hydrogen (secondary N) is 2. The van der Waals surface area contributed by atoms with E-state index >= 15 is 0 Å². The van der Waals surface area contributed by atoms with E-state index in [9.17, 15) is 0 Å². The zero-order valence-electron chi connectivity index (χ0n) is 16.0. The minimum Gasteiger partial charge on any atom is -0.390 e. The van der Waals surface area contributed by atoms with Crippen LogP contribution in [-0.2, 0) is 6.42 Å². The van der Waals surface area contributed by atoms with Gasteiger partial charge in [-0.25, -0.2) is 0 Å². The molecule has 2 heteroatoms. The van der Waals surface area contributed by atoms with E-state index < -0.39 is 0 Å².